The molecular formula is C19H22N2OS. The van der Waals surface area contributed by atoms with Crippen LogP contribution in [0.4, 0.5) is 0 Å². The zero-order chi connectivity index (χ0) is 15.9. The molecule has 0 saturated carbocycles. The third-order valence-corrected chi connectivity index (χ3v) is 5.01. The number of aromatic nitrogens is 1. The Morgan fingerprint density at radius 3 is 2.87 bits per heavy atom. The normalized spacial score (nSPS) is 14.3. The number of carbonyl (C=O) groups excluding carboxylic acids is 1. The van der Waals surface area contributed by atoms with Gasteiger partial charge in [0.1, 0.15) is 5.01 Å². The van der Waals surface area contributed by atoms with Gasteiger partial charge in [-0.15, -0.1) is 11.3 Å². The van der Waals surface area contributed by atoms with Gasteiger partial charge in [0.05, 0.1) is 12.1 Å². The van der Waals surface area contributed by atoms with Crippen LogP contribution in [0.2, 0.25) is 0 Å². The Balaban J connectivity index is 1.46. The maximum atomic E-state index is 12.0. The van der Waals surface area contributed by atoms with Gasteiger partial charge in [-0.1, -0.05) is 42.0 Å². The van der Waals surface area contributed by atoms with Gasteiger partial charge in [0, 0.05) is 17.5 Å². The summed E-state index contributed by atoms with van der Waals surface area (Å²) in [6, 6.07) is 10.1. The van der Waals surface area contributed by atoms with E-state index in [1.165, 1.54) is 31.3 Å². The Morgan fingerprint density at radius 2 is 2.09 bits per heavy atom. The molecule has 1 aromatic heterocycles. The Morgan fingerprint density at radius 1 is 1.22 bits per heavy atom. The lowest BCUT2D eigenvalue weighted by Gasteiger charge is -2.12. The van der Waals surface area contributed by atoms with Gasteiger partial charge in [-0.3, -0.25) is 4.79 Å². The summed E-state index contributed by atoms with van der Waals surface area (Å²) < 4.78 is 0. The summed E-state index contributed by atoms with van der Waals surface area (Å²) in [7, 11) is 0. The molecule has 1 aromatic carbocycles. The first kappa shape index (κ1) is 15.9. The smallest absolute Gasteiger partial charge is 0.226 e. The molecule has 3 rings (SSSR count). The molecule has 1 N–H and O–H groups in total. The van der Waals surface area contributed by atoms with Gasteiger partial charge in [0.25, 0.3) is 0 Å². The van der Waals surface area contributed by atoms with Crippen molar-refractivity contribution in [3.63, 3.8) is 0 Å². The molecule has 1 heterocycles. The Labute approximate surface area is 141 Å². The highest BCUT2D eigenvalue weighted by molar-refractivity contribution is 7.13. The number of benzene rings is 1. The molecule has 0 fully saturated rings. The highest BCUT2D eigenvalue weighted by Gasteiger charge is 2.09. The number of nitrogens with zero attached hydrogens (tertiary/aromatic N) is 1. The lowest BCUT2D eigenvalue weighted by molar-refractivity contribution is -0.120. The van der Waals surface area contributed by atoms with Crippen LogP contribution in [0.25, 0.3) is 10.6 Å². The molecule has 0 bridgehead atoms. The monoisotopic (exact) mass is 326 g/mol. The molecule has 0 unspecified atom stereocenters. The van der Waals surface area contributed by atoms with Crippen molar-refractivity contribution in [2.45, 2.75) is 38.5 Å². The fraction of sp³-hybridized carbons (Fsp3) is 0.368. The van der Waals surface area contributed by atoms with Gasteiger partial charge in [-0.05, 0) is 32.1 Å². The first-order valence-electron chi connectivity index (χ1n) is 8.26. The van der Waals surface area contributed by atoms with Crippen LogP contribution in [-0.2, 0) is 11.2 Å². The quantitative estimate of drug-likeness (QED) is 0.801. The molecule has 0 atom stereocenters. The van der Waals surface area contributed by atoms with Crippen LogP contribution in [0.3, 0.4) is 0 Å². The Hall–Kier alpha value is -1.94. The molecule has 4 heteroatoms. The van der Waals surface area contributed by atoms with E-state index in [0.29, 0.717) is 6.42 Å². The van der Waals surface area contributed by atoms with Gasteiger partial charge in [0.2, 0.25) is 5.91 Å². The van der Waals surface area contributed by atoms with E-state index in [1.54, 1.807) is 11.3 Å². The van der Waals surface area contributed by atoms with Crippen molar-refractivity contribution < 1.29 is 4.79 Å². The number of hydrogen-bond acceptors (Lipinski definition) is 3. The molecule has 2 aromatic rings. The fourth-order valence-electron chi connectivity index (χ4n) is 2.82. The van der Waals surface area contributed by atoms with Gasteiger partial charge in [0.15, 0.2) is 0 Å². The number of amides is 1. The second-order valence-electron chi connectivity index (χ2n) is 5.89. The standard InChI is InChI=1S/C19H22N2OS/c22-18(20-12-11-15-7-3-1-4-8-15)13-17-14-23-19(21-17)16-9-5-2-6-10-16/h2,5-7,9-10,14H,1,3-4,8,11-13H2,(H,20,22). The second kappa shape index (κ2) is 8.06. The Kier molecular flexibility index (Phi) is 5.59. The van der Waals surface area contributed by atoms with E-state index >= 15 is 0 Å². The van der Waals surface area contributed by atoms with E-state index in [-0.39, 0.29) is 5.91 Å². The van der Waals surface area contributed by atoms with Crippen molar-refractivity contribution in [2.75, 3.05) is 6.54 Å². The van der Waals surface area contributed by atoms with E-state index < -0.39 is 0 Å². The van der Waals surface area contributed by atoms with Crippen LogP contribution in [0.5, 0.6) is 0 Å². The third kappa shape index (κ3) is 4.76. The number of thiazole rings is 1. The van der Waals surface area contributed by atoms with E-state index in [9.17, 15) is 4.79 Å². The minimum Gasteiger partial charge on any atom is -0.355 e. The number of carbonyl (C=O) groups is 1. The van der Waals surface area contributed by atoms with Gasteiger partial charge < -0.3 is 5.32 Å². The van der Waals surface area contributed by atoms with Crippen molar-refractivity contribution in [3.8, 4) is 10.6 Å². The van der Waals surface area contributed by atoms with Crippen LogP contribution < -0.4 is 5.32 Å². The fourth-order valence-corrected chi connectivity index (χ4v) is 3.65. The van der Waals surface area contributed by atoms with Crippen LogP contribution in [0.15, 0.2) is 47.4 Å². The topological polar surface area (TPSA) is 42.0 Å². The zero-order valence-corrected chi connectivity index (χ0v) is 14.1. The molecule has 1 aliphatic rings. The average molecular weight is 326 g/mol. The van der Waals surface area contributed by atoms with Crippen LogP contribution >= 0.6 is 11.3 Å². The van der Waals surface area contributed by atoms with E-state index in [0.717, 1.165) is 29.2 Å². The van der Waals surface area contributed by atoms with Gasteiger partial charge in [-0.25, -0.2) is 4.98 Å². The van der Waals surface area contributed by atoms with Crippen molar-refractivity contribution in [1.29, 1.82) is 0 Å². The summed E-state index contributed by atoms with van der Waals surface area (Å²) in [6.07, 6.45) is 8.68. The van der Waals surface area contributed by atoms with Crippen LogP contribution in [0, 0.1) is 0 Å². The average Bonchev–Trinajstić information content (AvgIpc) is 3.05. The first-order valence-corrected chi connectivity index (χ1v) is 9.13. The lowest BCUT2D eigenvalue weighted by Crippen LogP contribution is -2.26. The number of rotatable bonds is 6. The summed E-state index contributed by atoms with van der Waals surface area (Å²) in [5.41, 5.74) is 3.45. The maximum absolute atomic E-state index is 12.0. The summed E-state index contributed by atoms with van der Waals surface area (Å²) in [5, 5.41) is 5.96. The summed E-state index contributed by atoms with van der Waals surface area (Å²) in [4.78, 5) is 16.6. The molecule has 1 aliphatic carbocycles. The van der Waals surface area contributed by atoms with E-state index in [4.69, 9.17) is 0 Å². The highest BCUT2D eigenvalue weighted by Crippen LogP contribution is 2.23. The molecule has 0 aliphatic heterocycles. The highest BCUT2D eigenvalue weighted by atomic mass is 32.1. The third-order valence-electron chi connectivity index (χ3n) is 4.07. The SMILES string of the molecule is O=C(Cc1csc(-c2ccccc2)n1)NCCC1=CCCCC1. The van der Waals surface area contributed by atoms with Crippen LogP contribution in [-0.4, -0.2) is 17.4 Å². The van der Waals surface area contributed by atoms with Crippen molar-refractivity contribution in [3.05, 3.63) is 53.1 Å². The molecule has 120 valence electrons. The minimum atomic E-state index is 0.0614. The predicted molar refractivity (Wildman–Crippen MR) is 95.4 cm³/mol. The predicted octanol–water partition coefficient (Wildman–Crippen LogP) is 4.36. The van der Waals surface area contributed by atoms with E-state index in [2.05, 4.69) is 16.4 Å². The van der Waals surface area contributed by atoms with Crippen molar-refractivity contribution in [1.82, 2.24) is 10.3 Å². The second-order valence-corrected chi connectivity index (χ2v) is 6.75. The molecule has 3 nitrogen and oxygen atoms in total. The summed E-state index contributed by atoms with van der Waals surface area (Å²) in [6.45, 7) is 0.736. The molecular weight excluding hydrogens is 304 g/mol. The maximum Gasteiger partial charge on any atom is 0.226 e. The molecule has 23 heavy (non-hydrogen) atoms. The number of allylic oxidation sites excluding steroid dienone is 1. The number of nitrogens with one attached hydrogen (secondary N) is 1. The molecule has 0 spiro atoms. The summed E-state index contributed by atoms with van der Waals surface area (Å²) in [5.74, 6) is 0.0614. The lowest BCUT2D eigenvalue weighted by atomic mass is 9.97. The number of hydrogen-bond donors (Lipinski definition) is 1. The largest absolute Gasteiger partial charge is 0.355 e. The van der Waals surface area contributed by atoms with Gasteiger partial charge >= 0.3 is 0 Å². The van der Waals surface area contributed by atoms with Crippen molar-refractivity contribution in [2.24, 2.45) is 0 Å². The molecule has 0 saturated heterocycles. The zero-order valence-electron chi connectivity index (χ0n) is 13.3. The van der Waals surface area contributed by atoms with E-state index in [1.807, 2.05) is 35.7 Å². The minimum absolute atomic E-state index is 0.0614. The Bertz CT molecular complexity index is 676. The molecule has 1 amide bonds. The summed E-state index contributed by atoms with van der Waals surface area (Å²) >= 11 is 1.59. The molecule has 0 radical (unpaired) electrons. The van der Waals surface area contributed by atoms with Crippen molar-refractivity contribution >= 4 is 17.2 Å². The first-order chi connectivity index (χ1) is 11.3. The van der Waals surface area contributed by atoms with Gasteiger partial charge in [-0.2, -0.15) is 0 Å². The van der Waals surface area contributed by atoms with Crippen LogP contribution in [0.1, 0.15) is 37.8 Å².